The lowest BCUT2D eigenvalue weighted by molar-refractivity contribution is -0.0377. The SMILES string of the molecule is CCC(CC)(OC)C(N)c1sccc1Cl. The summed E-state index contributed by atoms with van der Waals surface area (Å²) in [5, 5.41) is 2.71. The third-order valence-electron chi connectivity index (χ3n) is 3.10. The van der Waals surface area contributed by atoms with Crippen LogP contribution in [-0.2, 0) is 4.74 Å². The van der Waals surface area contributed by atoms with E-state index in [1.54, 1.807) is 18.4 Å². The maximum absolute atomic E-state index is 6.25. The number of hydrogen-bond donors (Lipinski definition) is 1. The number of nitrogens with two attached hydrogens (primary N) is 1. The minimum atomic E-state index is -0.297. The molecule has 2 N–H and O–H groups in total. The number of hydrogen-bond acceptors (Lipinski definition) is 3. The lowest BCUT2D eigenvalue weighted by Crippen LogP contribution is -2.41. The van der Waals surface area contributed by atoms with Crippen LogP contribution in [0.25, 0.3) is 0 Å². The first kappa shape index (κ1) is 13.0. The summed E-state index contributed by atoms with van der Waals surface area (Å²) in [6.07, 6.45) is 1.77. The average molecular weight is 248 g/mol. The minimum Gasteiger partial charge on any atom is -0.376 e. The van der Waals surface area contributed by atoms with E-state index in [1.165, 1.54) is 0 Å². The molecule has 0 aliphatic carbocycles. The highest BCUT2D eigenvalue weighted by Crippen LogP contribution is 2.38. The molecule has 0 bridgehead atoms. The lowest BCUT2D eigenvalue weighted by Gasteiger charge is -2.35. The summed E-state index contributed by atoms with van der Waals surface area (Å²) in [7, 11) is 1.72. The molecule has 1 aromatic heterocycles. The molecule has 2 nitrogen and oxygen atoms in total. The van der Waals surface area contributed by atoms with Gasteiger partial charge in [0.2, 0.25) is 0 Å². The van der Waals surface area contributed by atoms with E-state index in [0.717, 1.165) is 22.7 Å². The Morgan fingerprint density at radius 3 is 2.47 bits per heavy atom. The van der Waals surface area contributed by atoms with Crippen LogP contribution in [0.5, 0.6) is 0 Å². The van der Waals surface area contributed by atoms with Crippen molar-refractivity contribution in [3.05, 3.63) is 21.3 Å². The van der Waals surface area contributed by atoms with Gasteiger partial charge in [-0.1, -0.05) is 25.4 Å². The van der Waals surface area contributed by atoms with Gasteiger partial charge in [0.05, 0.1) is 16.7 Å². The highest BCUT2D eigenvalue weighted by atomic mass is 35.5. The molecular formula is C11H18ClNOS. The van der Waals surface area contributed by atoms with E-state index in [4.69, 9.17) is 22.1 Å². The first-order chi connectivity index (χ1) is 7.11. The second-order valence-electron chi connectivity index (χ2n) is 3.59. The standard InChI is InChI=1S/C11H18ClNOS/c1-4-11(5-2,14-3)10(13)9-8(12)6-7-15-9/h6-7,10H,4-5,13H2,1-3H3. The molecule has 0 radical (unpaired) electrons. The van der Waals surface area contributed by atoms with Crippen LogP contribution < -0.4 is 5.73 Å². The maximum atomic E-state index is 6.25. The average Bonchev–Trinajstić information content (AvgIpc) is 2.67. The molecule has 0 aliphatic heterocycles. The summed E-state index contributed by atoms with van der Waals surface area (Å²) in [6, 6.07) is 1.73. The van der Waals surface area contributed by atoms with Crippen molar-refractivity contribution >= 4 is 22.9 Å². The van der Waals surface area contributed by atoms with Gasteiger partial charge in [-0.05, 0) is 24.3 Å². The third-order valence-corrected chi connectivity index (χ3v) is 4.54. The zero-order chi connectivity index (χ0) is 11.5. The van der Waals surface area contributed by atoms with E-state index in [1.807, 2.05) is 11.4 Å². The highest BCUT2D eigenvalue weighted by Gasteiger charge is 2.35. The van der Waals surface area contributed by atoms with E-state index < -0.39 is 0 Å². The van der Waals surface area contributed by atoms with Gasteiger partial charge < -0.3 is 10.5 Å². The molecule has 0 aliphatic rings. The molecule has 0 amide bonds. The predicted molar refractivity (Wildman–Crippen MR) is 66.6 cm³/mol. The topological polar surface area (TPSA) is 35.2 Å². The van der Waals surface area contributed by atoms with Crippen molar-refractivity contribution in [3.63, 3.8) is 0 Å². The molecule has 0 aromatic carbocycles. The van der Waals surface area contributed by atoms with E-state index in [2.05, 4.69) is 13.8 Å². The summed E-state index contributed by atoms with van der Waals surface area (Å²) >= 11 is 7.68. The van der Waals surface area contributed by atoms with E-state index in [-0.39, 0.29) is 11.6 Å². The van der Waals surface area contributed by atoms with Crippen molar-refractivity contribution in [1.29, 1.82) is 0 Å². The zero-order valence-corrected chi connectivity index (χ0v) is 11.0. The highest BCUT2D eigenvalue weighted by molar-refractivity contribution is 7.10. The van der Waals surface area contributed by atoms with Gasteiger partial charge in [0.25, 0.3) is 0 Å². The van der Waals surface area contributed by atoms with Gasteiger partial charge in [0.15, 0.2) is 0 Å². The van der Waals surface area contributed by atoms with Crippen LogP contribution in [0.4, 0.5) is 0 Å². The molecule has 0 saturated carbocycles. The number of thiophene rings is 1. The fourth-order valence-electron chi connectivity index (χ4n) is 1.87. The van der Waals surface area contributed by atoms with Gasteiger partial charge in [-0.15, -0.1) is 11.3 Å². The first-order valence-corrected chi connectivity index (χ1v) is 6.40. The fourth-order valence-corrected chi connectivity index (χ4v) is 3.15. The van der Waals surface area contributed by atoms with Crippen molar-refractivity contribution in [2.75, 3.05) is 7.11 Å². The summed E-state index contributed by atoms with van der Waals surface area (Å²) in [4.78, 5) is 1.02. The minimum absolute atomic E-state index is 0.148. The Balaban J connectivity index is 3.00. The van der Waals surface area contributed by atoms with Crippen LogP contribution in [0.1, 0.15) is 37.6 Å². The predicted octanol–water partition coefficient (Wildman–Crippen LogP) is 3.61. The number of methoxy groups -OCH3 is 1. The molecule has 1 unspecified atom stereocenters. The summed E-state index contributed by atoms with van der Waals surface area (Å²) < 4.78 is 5.60. The quantitative estimate of drug-likeness (QED) is 0.863. The Labute approximate surface area is 100 Å². The van der Waals surface area contributed by atoms with Crippen molar-refractivity contribution in [1.82, 2.24) is 0 Å². The molecule has 4 heteroatoms. The summed E-state index contributed by atoms with van der Waals surface area (Å²) in [6.45, 7) is 4.18. The zero-order valence-electron chi connectivity index (χ0n) is 9.42. The third kappa shape index (κ3) is 2.36. The van der Waals surface area contributed by atoms with Crippen molar-refractivity contribution < 1.29 is 4.74 Å². The Bertz CT molecular complexity index is 301. The number of rotatable bonds is 5. The molecule has 1 rings (SSSR count). The van der Waals surface area contributed by atoms with Gasteiger partial charge in [0, 0.05) is 12.0 Å². The van der Waals surface area contributed by atoms with Crippen molar-refractivity contribution in [2.24, 2.45) is 5.73 Å². The van der Waals surface area contributed by atoms with Crippen LogP contribution in [0.15, 0.2) is 11.4 Å². The molecule has 0 spiro atoms. The molecule has 86 valence electrons. The van der Waals surface area contributed by atoms with Gasteiger partial charge in [-0.3, -0.25) is 0 Å². The first-order valence-electron chi connectivity index (χ1n) is 5.15. The summed E-state index contributed by atoms with van der Waals surface area (Å²) in [5.41, 5.74) is 5.95. The van der Waals surface area contributed by atoms with Crippen LogP contribution >= 0.6 is 22.9 Å². The second kappa shape index (κ2) is 5.30. The van der Waals surface area contributed by atoms with E-state index >= 15 is 0 Å². The molecular weight excluding hydrogens is 230 g/mol. The molecule has 1 aromatic rings. The van der Waals surface area contributed by atoms with Gasteiger partial charge >= 0.3 is 0 Å². The smallest absolute Gasteiger partial charge is 0.0873 e. The molecule has 0 saturated heterocycles. The number of halogens is 1. The fraction of sp³-hybridized carbons (Fsp3) is 0.636. The van der Waals surface area contributed by atoms with Crippen LogP contribution in [0.2, 0.25) is 5.02 Å². The van der Waals surface area contributed by atoms with Crippen LogP contribution in [-0.4, -0.2) is 12.7 Å². The molecule has 0 fully saturated rings. The second-order valence-corrected chi connectivity index (χ2v) is 4.94. The molecule has 15 heavy (non-hydrogen) atoms. The van der Waals surface area contributed by atoms with E-state index in [9.17, 15) is 0 Å². The van der Waals surface area contributed by atoms with E-state index in [0.29, 0.717) is 0 Å². The van der Waals surface area contributed by atoms with Crippen molar-refractivity contribution in [2.45, 2.75) is 38.3 Å². The Kier molecular flexibility index (Phi) is 4.59. The van der Waals surface area contributed by atoms with Gasteiger partial charge in [-0.25, -0.2) is 0 Å². The molecule has 1 atom stereocenters. The monoisotopic (exact) mass is 247 g/mol. The number of ether oxygens (including phenoxy) is 1. The Morgan fingerprint density at radius 2 is 2.13 bits per heavy atom. The Morgan fingerprint density at radius 1 is 1.53 bits per heavy atom. The van der Waals surface area contributed by atoms with Gasteiger partial charge in [-0.2, -0.15) is 0 Å². The maximum Gasteiger partial charge on any atom is 0.0873 e. The van der Waals surface area contributed by atoms with Crippen LogP contribution in [0, 0.1) is 0 Å². The van der Waals surface area contributed by atoms with Crippen molar-refractivity contribution in [3.8, 4) is 0 Å². The lowest BCUT2D eigenvalue weighted by atomic mass is 9.88. The van der Waals surface area contributed by atoms with Gasteiger partial charge in [0.1, 0.15) is 0 Å². The molecule has 1 heterocycles. The summed E-state index contributed by atoms with van der Waals surface area (Å²) in [5.74, 6) is 0. The Hall–Kier alpha value is -0.0900. The largest absolute Gasteiger partial charge is 0.376 e. The van der Waals surface area contributed by atoms with Crippen LogP contribution in [0.3, 0.4) is 0 Å². The normalized spacial score (nSPS) is 14.2.